The first-order valence-corrected chi connectivity index (χ1v) is 8.68. The van der Waals surface area contributed by atoms with E-state index in [1.807, 2.05) is 12.1 Å². The highest BCUT2D eigenvalue weighted by Crippen LogP contribution is 2.29. The number of carbonyl (C=O) groups excluding carboxylic acids is 1. The van der Waals surface area contributed by atoms with Gasteiger partial charge < -0.3 is 19.7 Å². The molecule has 1 fully saturated rings. The quantitative estimate of drug-likeness (QED) is 0.803. The zero-order valence-electron chi connectivity index (χ0n) is 15.0. The summed E-state index contributed by atoms with van der Waals surface area (Å²) in [6.45, 7) is -0.606. The lowest BCUT2D eigenvalue weighted by atomic mass is 10.2. The lowest BCUT2D eigenvalue weighted by Crippen LogP contribution is -2.23. The number of methoxy groups -OCH3 is 1. The molecule has 3 rings (SSSR count). The van der Waals surface area contributed by atoms with E-state index in [4.69, 9.17) is 4.74 Å². The fraction of sp³-hybridized carbons (Fsp3) is 0.368. The minimum Gasteiger partial charge on any atom is -0.493 e. The molecule has 1 aliphatic rings. The minimum absolute atomic E-state index is 0.0691. The molecule has 0 radical (unpaired) electrons. The Morgan fingerprint density at radius 2 is 2.00 bits per heavy atom. The Hall–Kier alpha value is -2.90. The predicted molar refractivity (Wildman–Crippen MR) is 96.5 cm³/mol. The number of amides is 1. The van der Waals surface area contributed by atoms with Crippen LogP contribution in [0.25, 0.3) is 0 Å². The molecule has 0 unspecified atom stereocenters. The van der Waals surface area contributed by atoms with Crippen LogP contribution in [0.5, 0.6) is 11.5 Å². The lowest BCUT2D eigenvalue weighted by Gasteiger charge is -2.16. The van der Waals surface area contributed by atoms with Crippen molar-refractivity contribution >= 4 is 11.7 Å². The van der Waals surface area contributed by atoms with Gasteiger partial charge in [0.25, 0.3) is 5.91 Å². The van der Waals surface area contributed by atoms with Crippen LogP contribution in [0.4, 0.5) is 14.6 Å². The largest absolute Gasteiger partial charge is 0.493 e. The number of aromatic nitrogens is 1. The van der Waals surface area contributed by atoms with E-state index in [0.717, 1.165) is 24.5 Å². The van der Waals surface area contributed by atoms with E-state index in [0.29, 0.717) is 6.54 Å². The third-order valence-electron chi connectivity index (χ3n) is 4.33. The number of alkyl halides is 2. The molecule has 0 aliphatic carbocycles. The smallest absolute Gasteiger partial charge is 0.387 e. The molecule has 0 spiro atoms. The molecule has 1 aromatic carbocycles. The van der Waals surface area contributed by atoms with Gasteiger partial charge in [-0.25, -0.2) is 4.98 Å². The highest BCUT2D eigenvalue weighted by atomic mass is 19.3. The highest BCUT2D eigenvalue weighted by molar-refractivity contribution is 5.94. The van der Waals surface area contributed by atoms with Crippen LogP contribution in [0.3, 0.4) is 0 Å². The van der Waals surface area contributed by atoms with Gasteiger partial charge in [-0.1, -0.05) is 6.07 Å². The van der Waals surface area contributed by atoms with Gasteiger partial charge in [-0.05, 0) is 42.7 Å². The van der Waals surface area contributed by atoms with Crippen LogP contribution in [0.2, 0.25) is 0 Å². The second kappa shape index (κ2) is 8.66. The van der Waals surface area contributed by atoms with E-state index < -0.39 is 6.61 Å². The van der Waals surface area contributed by atoms with Crippen LogP contribution >= 0.6 is 0 Å². The predicted octanol–water partition coefficient (Wildman–Crippen LogP) is 3.22. The molecule has 1 N–H and O–H groups in total. The van der Waals surface area contributed by atoms with Gasteiger partial charge in [0.2, 0.25) is 0 Å². The summed E-state index contributed by atoms with van der Waals surface area (Å²) in [6.07, 6.45) is 4.11. The molecule has 1 amide bonds. The minimum atomic E-state index is -2.96. The summed E-state index contributed by atoms with van der Waals surface area (Å²) in [5.41, 5.74) is 1.16. The average molecular weight is 377 g/mol. The maximum absolute atomic E-state index is 12.4. The van der Waals surface area contributed by atoms with Gasteiger partial charge >= 0.3 is 6.61 Å². The first-order valence-electron chi connectivity index (χ1n) is 8.68. The summed E-state index contributed by atoms with van der Waals surface area (Å²) in [5.74, 6) is 0.549. The van der Waals surface area contributed by atoms with Gasteiger partial charge in [0.15, 0.2) is 11.5 Å². The summed E-state index contributed by atoms with van der Waals surface area (Å²) in [6, 6.07) is 7.94. The number of hydrogen-bond donors (Lipinski definition) is 1. The monoisotopic (exact) mass is 377 g/mol. The molecule has 144 valence electrons. The third kappa shape index (κ3) is 4.84. The molecule has 2 aromatic rings. The Morgan fingerprint density at radius 1 is 1.22 bits per heavy atom. The normalized spacial score (nSPS) is 13.7. The van der Waals surface area contributed by atoms with Crippen LogP contribution in [-0.2, 0) is 6.54 Å². The maximum Gasteiger partial charge on any atom is 0.387 e. The van der Waals surface area contributed by atoms with Crippen LogP contribution in [0, 0.1) is 0 Å². The van der Waals surface area contributed by atoms with Crippen molar-refractivity contribution < 1.29 is 23.0 Å². The zero-order valence-corrected chi connectivity index (χ0v) is 15.0. The molecule has 0 atom stereocenters. The van der Waals surface area contributed by atoms with Crippen molar-refractivity contribution in [3.8, 4) is 11.5 Å². The van der Waals surface area contributed by atoms with Crippen molar-refractivity contribution in [2.45, 2.75) is 26.0 Å². The Kier molecular flexibility index (Phi) is 6.05. The van der Waals surface area contributed by atoms with E-state index >= 15 is 0 Å². The highest BCUT2D eigenvalue weighted by Gasteiger charge is 2.15. The van der Waals surface area contributed by atoms with Gasteiger partial charge in [0.05, 0.1) is 7.11 Å². The lowest BCUT2D eigenvalue weighted by molar-refractivity contribution is -0.0512. The average Bonchev–Trinajstić information content (AvgIpc) is 3.21. The van der Waals surface area contributed by atoms with Gasteiger partial charge in [0, 0.05) is 31.4 Å². The van der Waals surface area contributed by atoms with Gasteiger partial charge in [-0.3, -0.25) is 4.79 Å². The molecule has 1 saturated heterocycles. The van der Waals surface area contributed by atoms with E-state index in [1.165, 1.54) is 38.2 Å². The molecule has 27 heavy (non-hydrogen) atoms. The zero-order chi connectivity index (χ0) is 19.2. The summed E-state index contributed by atoms with van der Waals surface area (Å²) in [4.78, 5) is 19.0. The first kappa shape index (κ1) is 18.9. The molecule has 6 nitrogen and oxygen atoms in total. The SMILES string of the molecule is COc1cc(C(=O)NCc2ccc(N3CCCC3)nc2)ccc1OC(F)F. The second-order valence-corrected chi connectivity index (χ2v) is 6.15. The van der Waals surface area contributed by atoms with Crippen molar-refractivity contribution in [2.75, 3.05) is 25.1 Å². The van der Waals surface area contributed by atoms with Crippen molar-refractivity contribution in [3.63, 3.8) is 0 Å². The van der Waals surface area contributed by atoms with Crippen LogP contribution in [-0.4, -0.2) is 37.7 Å². The Bertz CT molecular complexity index is 778. The number of nitrogens with one attached hydrogen (secondary N) is 1. The van der Waals surface area contributed by atoms with Gasteiger partial charge in [0.1, 0.15) is 5.82 Å². The molecular weight excluding hydrogens is 356 g/mol. The number of anilines is 1. The number of halogens is 2. The summed E-state index contributed by atoms with van der Waals surface area (Å²) in [7, 11) is 1.32. The third-order valence-corrected chi connectivity index (χ3v) is 4.33. The molecular formula is C19H21F2N3O3. The Balaban J connectivity index is 1.60. The number of benzene rings is 1. The number of rotatable bonds is 7. The van der Waals surface area contributed by atoms with Gasteiger partial charge in [-0.15, -0.1) is 0 Å². The number of pyridine rings is 1. The second-order valence-electron chi connectivity index (χ2n) is 6.15. The number of hydrogen-bond acceptors (Lipinski definition) is 5. The Labute approximate surface area is 156 Å². The van der Waals surface area contributed by atoms with Crippen LogP contribution < -0.4 is 19.7 Å². The van der Waals surface area contributed by atoms with Crippen molar-refractivity contribution in [1.29, 1.82) is 0 Å². The van der Waals surface area contributed by atoms with Crippen LogP contribution in [0.1, 0.15) is 28.8 Å². The first-order chi connectivity index (χ1) is 13.1. The number of carbonyl (C=O) groups is 1. The van der Waals surface area contributed by atoms with E-state index in [2.05, 4.69) is 19.9 Å². The van der Waals surface area contributed by atoms with E-state index in [1.54, 1.807) is 6.20 Å². The molecule has 1 aromatic heterocycles. The molecule has 0 saturated carbocycles. The fourth-order valence-electron chi connectivity index (χ4n) is 2.94. The number of ether oxygens (including phenoxy) is 2. The molecule has 8 heteroatoms. The fourth-order valence-corrected chi connectivity index (χ4v) is 2.94. The Morgan fingerprint density at radius 3 is 2.63 bits per heavy atom. The maximum atomic E-state index is 12.4. The van der Waals surface area contributed by atoms with Crippen molar-refractivity contribution in [1.82, 2.24) is 10.3 Å². The summed E-state index contributed by atoms with van der Waals surface area (Å²) < 4.78 is 34.1. The molecule has 0 bridgehead atoms. The number of nitrogens with zero attached hydrogens (tertiary/aromatic N) is 2. The van der Waals surface area contributed by atoms with E-state index in [-0.39, 0.29) is 23.0 Å². The molecule has 1 aliphatic heterocycles. The standard InChI is InChI=1S/C19H21F2N3O3/c1-26-16-10-14(5-6-15(16)27-19(20)21)18(25)23-12-13-4-7-17(22-11-13)24-8-2-3-9-24/h4-7,10-11,19H,2-3,8-9,12H2,1H3,(H,23,25). The van der Waals surface area contributed by atoms with E-state index in [9.17, 15) is 13.6 Å². The molecule has 2 heterocycles. The summed E-state index contributed by atoms with van der Waals surface area (Å²) >= 11 is 0. The summed E-state index contributed by atoms with van der Waals surface area (Å²) in [5, 5.41) is 2.78. The van der Waals surface area contributed by atoms with Crippen molar-refractivity contribution in [3.05, 3.63) is 47.7 Å². The van der Waals surface area contributed by atoms with Crippen LogP contribution in [0.15, 0.2) is 36.5 Å². The van der Waals surface area contributed by atoms with Gasteiger partial charge in [-0.2, -0.15) is 8.78 Å². The van der Waals surface area contributed by atoms with Crippen molar-refractivity contribution in [2.24, 2.45) is 0 Å². The topological polar surface area (TPSA) is 63.7 Å².